The van der Waals surface area contributed by atoms with E-state index < -0.39 is 0 Å². The van der Waals surface area contributed by atoms with Gasteiger partial charge in [-0.25, -0.2) is 0 Å². The molecule has 0 unspecified atom stereocenters. The fourth-order valence-corrected chi connectivity index (χ4v) is 6.01. The fourth-order valence-electron chi connectivity index (χ4n) is 6.01. The summed E-state index contributed by atoms with van der Waals surface area (Å²) in [6, 6.07) is 1.18. The Morgan fingerprint density at radius 1 is 1.13 bits per heavy atom. The summed E-state index contributed by atoms with van der Waals surface area (Å²) >= 11 is 0. The lowest BCUT2D eigenvalue weighted by Gasteiger charge is -2.43. The summed E-state index contributed by atoms with van der Waals surface area (Å²) in [4.78, 5) is 2.48. The third kappa shape index (κ3) is 3.21. The molecule has 3 nitrogen and oxygen atoms in total. The lowest BCUT2D eigenvalue weighted by Crippen LogP contribution is -2.49. The normalized spacial score (nSPS) is 44.6. The van der Waals surface area contributed by atoms with E-state index in [1.165, 1.54) is 38.5 Å². The van der Waals surface area contributed by atoms with Crippen molar-refractivity contribution in [1.29, 1.82) is 0 Å². The standard InChI is InChI=1S/C20H37NO2/c1-14-7-6-8-15(2)21(14)12-17(22)13-23-18-19(3,4)16-9-10-20(18,5)11-16/h14-18,22H,6-13H2,1-5H3/t14-,15+,16-,17-,18-,20-/m0/s1. The first-order chi connectivity index (χ1) is 10.7. The predicted octanol–water partition coefficient (Wildman–Crippen LogP) is 3.84. The molecule has 134 valence electrons. The second kappa shape index (κ2) is 6.31. The number of aliphatic hydroxyl groups excluding tert-OH is 1. The maximum atomic E-state index is 10.6. The molecule has 0 aromatic rings. The molecule has 2 bridgehead atoms. The molecule has 0 spiro atoms. The van der Waals surface area contributed by atoms with Gasteiger partial charge in [-0.15, -0.1) is 0 Å². The lowest BCUT2D eigenvalue weighted by molar-refractivity contribution is -0.116. The van der Waals surface area contributed by atoms with Crippen LogP contribution in [0.25, 0.3) is 0 Å². The quantitative estimate of drug-likeness (QED) is 0.834. The summed E-state index contributed by atoms with van der Waals surface area (Å²) < 4.78 is 6.35. The number of β-amino-alcohol motifs (C(OH)–C–C–N with tert-alkyl or cyclic N) is 1. The van der Waals surface area contributed by atoms with Crippen molar-refractivity contribution in [3.63, 3.8) is 0 Å². The second-order valence-electron chi connectivity index (χ2n) is 9.61. The largest absolute Gasteiger partial charge is 0.389 e. The van der Waals surface area contributed by atoms with Gasteiger partial charge in [0.25, 0.3) is 0 Å². The third-order valence-corrected chi connectivity index (χ3v) is 7.39. The van der Waals surface area contributed by atoms with Crippen molar-refractivity contribution in [3.05, 3.63) is 0 Å². The molecule has 3 fully saturated rings. The zero-order chi connectivity index (χ0) is 16.8. The molecule has 0 amide bonds. The number of ether oxygens (including phenoxy) is 1. The molecule has 1 N–H and O–H groups in total. The highest BCUT2D eigenvalue weighted by Gasteiger charge is 2.60. The Kier molecular flexibility index (Phi) is 4.85. The molecule has 23 heavy (non-hydrogen) atoms. The van der Waals surface area contributed by atoms with Gasteiger partial charge < -0.3 is 9.84 Å². The molecule has 2 aliphatic carbocycles. The summed E-state index contributed by atoms with van der Waals surface area (Å²) in [6.07, 6.45) is 7.73. The minimum atomic E-state index is -0.364. The second-order valence-corrected chi connectivity index (χ2v) is 9.61. The van der Waals surface area contributed by atoms with Gasteiger partial charge in [-0.2, -0.15) is 0 Å². The first kappa shape index (κ1) is 17.7. The van der Waals surface area contributed by atoms with E-state index >= 15 is 0 Å². The molecule has 0 aromatic carbocycles. The molecule has 1 saturated heterocycles. The van der Waals surface area contributed by atoms with Gasteiger partial charge in [0.2, 0.25) is 0 Å². The van der Waals surface area contributed by atoms with E-state index in [1.54, 1.807) is 0 Å². The van der Waals surface area contributed by atoms with Gasteiger partial charge in [0.1, 0.15) is 0 Å². The van der Waals surface area contributed by atoms with E-state index in [0.29, 0.717) is 30.2 Å². The molecular formula is C20H37NO2. The minimum Gasteiger partial charge on any atom is -0.389 e. The van der Waals surface area contributed by atoms with Gasteiger partial charge >= 0.3 is 0 Å². The number of fused-ring (bicyclic) bond motifs is 2. The van der Waals surface area contributed by atoms with Crippen LogP contribution < -0.4 is 0 Å². The Hall–Kier alpha value is -0.120. The average molecular weight is 324 g/mol. The van der Waals surface area contributed by atoms with Crippen LogP contribution in [0.3, 0.4) is 0 Å². The van der Waals surface area contributed by atoms with Crippen LogP contribution in [-0.4, -0.2) is 47.4 Å². The molecule has 2 saturated carbocycles. The van der Waals surface area contributed by atoms with E-state index in [1.807, 2.05) is 0 Å². The van der Waals surface area contributed by atoms with Crippen molar-refractivity contribution in [2.45, 2.75) is 97.4 Å². The van der Waals surface area contributed by atoms with Gasteiger partial charge in [-0.05, 0) is 62.7 Å². The molecule has 6 atom stereocenters. The van der Waals surface area contributed by atoms with Crippen molar-refractivity contribution in [1.82, 2.24) is 4.90 Å². The number of nitrogens with zero attached hydrogens (tertiary/aromatic N) is 1. The minimum absolute atomic E-state index is 0.262. The maximum Gasteiger partial charge on any atom is 0.0900 e. The van der Waals surface area contributed by atoms with Crippen LogP contribution in [0.2, 0.25) is 0 Å². The lowest BCUT2D eigenvalue weighted by atomic mass is 9.70. The van der Waals surface area contributed by atoms with E-state index in [0.717, 1.165) is 12.5 Å². The van der Waals surface area contributed by atoms with Gasteiger partial charge in [0.05, 0.1) is 18.8 Å². The molecule has 3 heteroatoms. The van der Waals surface area contributed by atoms with Crippen LogP contribution in [0.1, 0.15) is 73.1 Å². The molecular weight excluding hydrogens is 286 g/mol. The maximum absolute atomic E-state index is 10.6. The molecule has 1 aliphatic heterocycles. The molecule has 0 aromatic heterocycles. The van der Waals surface area contributed by atoms with Gasteiger partial charge in [0, 0.05) is 18.6 Å². The Morgan fingerprint density at radius 3 is 2.35 bits per heavy atom. The van der Waals surface area contributed by atoms with Crippen molar-refractivity contribution >= 4 is 0 Å². The first-order valence-corrected chi connectivity index (χ1v) is 9.79. The summed E-state index contributed by atoms with van der Waals surface area (Å²) in [5, 5.41) is 10.6. The van der Waals surface area contributed by atoms with Crippen molar-refractivity contribution in [2.75, 3.05) is 13.2 Å². The summed E-state index contributed by atoms with van der Waals surface area (Å²) in [5.41, 5.74) is 0.595. The van der Waals surface area contributed by atoms with Crippen LogP contribution in [0, 0.1) is 16.7 Å². The van der Waals surface area contributed by atoms with E-state index in [9.17, 15) is 5.11 Å². The topological polar surface area (TPSA) is 32.7 Å². The zero-order valence-electron chi connectivity index (χ0n) is 15.8. The number of rotatable bonds is 5. The van der Waals surface area contributed by atoms with Gasteiger partial charge in [0.15, 0.2) is 0 Å². The van der Waals surface area contributed by atoms with E-state index in [-0.39, 0.29) is 11.5 Å². The highest BCUT2D eigenvalue weighted by Crippen LogP contribution is 2.63. The van der Waals surface area contributed by atoms with E-state index in [4.69, 9.17) is 4.74 Å². The SMILES string of the molecule is C[C@@H]1CCC[C@H](C)N1C[C@H](O)CO[C@H]1C(C)(C)[C@H]2CC[C@@]1(C)C2. The number of hydrogen-bond donors (Lipinski definition) is 1. The predicted molar refractivity (Wildman–Crippen MR) is 94.5 cm³/mol. The Labute approximate surface area is 142 Å². The Bertz CT molecular complexity index is 409. The molecule has 3 rings (SSSR count). The van der Waals surface area contributed by atoms with Crippen LogP contribution in [-0.2, 0) is 4.74 Å². The average Bonchev–Trinajstić information content (AvgIpc) is 2.94. The Balaban J connectivity index is 1.54. The third-order valence-electron chi connectivity index (χ3n) is 7.39. The van der Waals surface area contributed by atoms with Crippen LogP contribution in [0.15, 0.2) is 0 Å². The zero-order valence-corrected chi connectivity index (χ0v) is 15.8. The van der Waals surface area contributed by atoms with Crippen LogP contribution >= 0.6 is 0 Å². The molecule has 0 radical (unpaired) electrons. The van der Waals surface area contributed by atoms with Crippen molar-refractivity contribution in [2.24, 2.45) is 16.7 Å². The smallest absolute Gasteiger partial charge is 0.0900 e. The summed E-state index contributed by atoms with van der Waals surface area (Å²) in [6.45, 7) is 13.0. The number of aliphatic hydroxyl groups is 1. The molecule has 3 aliphatic rings. The van der Waals surface area contributed by atoms with Gasteiger partial charge in [-0.3, -0.25) is 4.90 Å². The molecule has 1 heterocycles. The summed E-state index contributed by atoms with van der Waals surface area (Å²) in [7, 11) is 0. The van der Waals surface area contributed by atoms with Crippen LogP contribution in [0.5, 0.6) is 0 Å². The van der Waals surface area contributed by atoms with Crippen LogP contribution in [0.4, 0.5) is 0 Å². The monoisotopic (exact) mass is 323 g/mol. The summed E-state index contributed by atoms with van der Waals surface area (Å²) in [5.74, 6) is 0.803. The fraction of sp³-hybridized carbons (Fsp3) is 1.00. The highest BCUT2D eigenvalue weighted by atomic mass is 16.5. The first-order valence-electron chi connectivity index (χ1n) is 9.79. The van der Waals surface area contributed by atoms with E-state index in [2.05, 4.69) is 39.5 Å². The number of hydrogen-bond acceptors (Lipinski definition) is 3. The highest BCUT2D eigenvalue weighted by molar-refractivity contribution is 5.09. The number of piperidine rings is 1. The Morgan fingerprint density at radius 2 is 1.78 bits per heavy atom. The van der Waals surface area contributed by atoms with Crippen molar-refractivity contribution < 1.29 is 9.84 Å². The number of likely N-dealkylation sites (tertiary alicyclic amines) is 1. The van der Waals surface area contributed by atoms with Gasteiger partial charge in [-0.1, -0.05) is 27.2 Å². The van der Waals surface area contributed by atoms with Crippen molar-refractivity contribution in [3.8, 4) is 0 Å².